The first-order valence-corrected chi connectivity index (χ1v) is 8.04. The second-order valence-corrected chi connectivity index (χ2v) is 5.75. The minimum Gasteiger partial charge on any atom is -0.376 e. The number of fused-ring (bicyclic) bond motifs is 1. The van der Waals surface area contributed by atoms with Crippen LogP contribution in [0.1, 0.15) is 17.8 Å². The van der Waals surface area contributed by atoms with Gasteiger partial charge in [0, 0.05) is 18.1 Å². The summed E-state index contributed by atoms with van der Waals surface area (Å²) in [7, 11) is 0. The molecule has 0 bridgehead atoms. The molecule has 0 saturated heterocycles. The van der Waals surface area contributed by atoms with Crippen molar-refractivity contribution in [3.05, 3.63) is 60.1 Å². The molecule has 0 radical (unpaired) electrons. The third kappa shape index (κ3) is 2.91. The normalized spacial score (nSPS) is 14.6. The Labute approximate surface area is 140 Å². The van der Waals surface area contributed by atoms with Gasteiger partial charge in [-0.15, -0.1) is 0 Å². The molecule has 24 heavy (non-hydrogen) atoms. The molecule has 0 saturated carbocycles. The Hall–Kier alpha value is -2.63. The lowest BCUT2D eigenvalue weighted by Gasteiger charge is -2.13. The number of pyridine rings is 3. The standard InChI is InChI=1S/C19H18N4O/c20-10-15-9-19-13(11-21-15)6-7-18(23-19)17-5-1-4-16(22-17)14-3-2-8-24-12-14/h1,3-7,9,11H,2,8,10,12,20H2. The van der Waals surface area contributed by atoms with Gasteiger partial charge in [0.2, 0.25) is 0 Å². The van der Waals surface area contributed by atoms with E-state index >= 15 is 0 Å². The Balaban J connectivity index is 1.75. The van der Waals surface area contributed by atoms with Crippen molar-refractivity contribution < 1.29 is 4.74 Å². The largest absolute Gasteiger partial charge is 0.376 e. The van der Waals surface area contributed by atoms with E-state index in [2.05, 4.69) is 11.1 Å². The smallest absolute Gasteiger partial charge is 0.0894 e. The lowest BCUT2D eigenvalue weighted by molar-refractivity contribution is 0.164. The highest BCUT2D eigenvalue weighted by Gasteiger charge is 2.10. The third-order valence-electron chi connectivity index (χ3n) is 4.09. The van der Waals surface area contributed by atoms with E-state index in [4.69, 9.17) is 20.4 Å². The van der Waals surface area contributed by atoms with Crippen molar-refractivity contribution in [2.24, 2.45) is 5.73 Å². The molecule has 0 unspecified atom stereocenters. The van der Waals surface area contributed by atoms with Gasteiger partial charge in [-0.3, -0.25) is 4.98 Å². The Morgan fingerprint density at radius 1 is 1.04 bits per heavy atom. The maximum Gasteiger partial charge on any atom is 0.0894 e. The van der Waals surface area contributed by atoms with Gasteiger partial charge in [0.25, 0.3) is 0 Å². The fraction of sp³-hybridized carbons (Fsp3) is 0.211. The van der Waals surface area contributed by atoms with Crippen molar-refractivity contribution in [3.8, 4) is 11.4 Å². The second-order valence-electron chi connectivity index (χ2n) is 5.75. The quantitative estimate of drug-likeness (QED) is 0.803. The second kappa shape index (κ2) is 6.47. The van der Waals surface area contributed by atoms with Crippen molar-refractivity contribution in [1.29, 1.82) is 0 Å². The monoisotopic (exact) mass is 318 g/mol. The molecular formula is C19H18N4O. The van der Waals surface area contributed by atoms with Crippen molar-refractivity contribution in [2.45, 2.75) is 13.0 Å². The molecule has 5 heteroatoms. The van der Waals surface area contributed by atoms with Crippen molar-refractivity contribution >= 4 is 16.5 Å². The van der Waals surface area contributed by atoms with E-state index in [0.29, 0.717) is 13.2 Å². The van der Waals surface area contributed by atoms with Crippen LogP contribution in [0.5, 0.6) is 0 Å². The number of hydrogen-bond donors (Lipinski definition) is 1. The van der Waals surface area contributed by atoms with Gasteiger partial charge in [0.1, 0.15) is 0 Å². The van der Waals surface area contributed by atoms with E-state index in [9.17, 15) is 0 Å². The molecule has 0 spiro atoms. The zero-order chi connectivity index (χ0) is 16.4. The van der Waals surface area contributed by atoms with Crippen molar-refractivity contribution in [1.82, 2.24) is 15.0 Å². The maximum absolute atomic E-state index is 5.67. The lowest BCUT2D eigenvalue weighted by atomic mass is 10.1. The summed E-state index contributed by atoms with van der Waals surface area (Å²) in [5.74, 6) is 0. The summed E-state index contributed by atoms with van der Waals surface area (Å²) in [4.78, 5) is 13.8. The van der Waals surface area contributed by atoms with Crippen LogP contribution in [0.3, 0.4) is 0 Å². The Bertz CT molecular complexity index is 920. The molecule has 5 nitrogen and oxygen atoms in total. The highest BCUT2D eigenvalue weighted by atomic mass is 16.5. The van der Waals surface area contributed by atoms with Crippen LogP contribution in [0.4, 0.5) is 0 Å². The van der Waals surface area contributed by atoms with Crippen LogP contribution in [-0.2, 0) is 11.3 Å². The van der Waals surface area contributed by atoms with Gasteiger partial charge < -0.3 is 10.5 Å². The molecule has 120 valence electrons. The summed E-state index contributed by atoms with van der Waals surface area (Å²) < 4.78 is 5.52. The van der Waals surface area contributed by atoms with Crippen molar-refractivity contribution in [3.63, 3.8) is 0 Å². The fourth-order valence-corrected chi connectivity index (χ4v) is 2.80. The molecule has 0 aromatic carbocycles. The number of ether oxygens (including phenoxy) is 1. The number of nitrogens with two attached hydrogens (primary N) is 1. The summed E-state index contributed by atoms with van der Waals surface area (Å²) >= 11 is 0. The number of hydrogen-bond acceptors (Lipinski definition) is 5. The topological polar surface area (TPSA) is 73.9 Å². The van der Waals surface area contributed by atoms with Gasteiger partial charge in [0.15, 0.2) is 0 Å². The molecule has 0 amide bonds. The first-order valence-electron chi connectivity index (χ1n) is 8.04. The van der Waals surface area contributed by atoms with E-state index in [1.54, 1.807) is 0 Å². The van der Waals surface area contributed by atoms with Crippen LogP contribution >= 0.6 is 0 Å². The van der Waals surface area contributed by atoms with Crippen LogP contribution in [0.15, 0.2) is 48.7 Å². The van der Waals surface area contributed by atoms with E-state index < -0.39 is 0 Å². The lowest BCUT2D eigenvalue weighted by Crippen LogP contribution is -2.06. The van der Waals surface area contributed by atoms with Crippen LogP contribution < -0.4 is 5.73 Å². The third-order valence-corrected chi connectivity index (χ3v) is 4.09. The average Bonchev–Trinajstić information content (AvgIpc) is 2.68. The molecule has 4 rings (SSSR count). The van der Waals surface area contributed by atoms with Gasteiger partial charge in [-0.05, 0) is 42.3 Å². The van der Waals surface area contributed by atoms with Crippen LogP contribution in [0.2, 0.25) is 0 Å². The minimum atomic E-state index is 0.406. The minimum absolute atomic E-state index is 0.406. The Kier molecular flexibility index (Phi) is 4.02. The molecule has 3 aromatic rings. The average molecular weight is 318 g/mol. The first kappa shape index (κ1) is 14.9. The molecule has 1 aliphatic rings. The summed E-state index contributed by atoms with van der Waals surface area (Å²) in [5.41, 5.74) is 11.2. The summed E-state index contributed by atoms with van der Waals surface area (Å²) in [6.45, 7) is 1.81. The summed E-state index contributed by atoms with van der Waals surface area (Å²) in [6.07, 6.45) is 4.94. The van der Waals surface area contributed by atoms with Crippen LogP contribution in [0.25, 0.3) is 27.9 Å². The molecule has 0 aliphatic carbocycles. The predicted molar refractivity (Wildman–Crippen MR) is 94.1 cm³/mol. The van der Waals surface area contributed by atoms with E-state index in [1.165, 1.54) is 0 Å². The Morgan fingerprint density at radius 3 is 2.75 bits per heavy atom. The van der Waals surface area contributed by atoms with Gasteiger partial charge in [-0.1, -0.05) is 12.1 Å². The van der Waals surface area contributed by atoms with Gasteiger partial charge in [0.05, 0.1) is 41.5 Å². The molecule has 0 atom stereocenters. The number of nitrogens with zero attached hydrogens (tertiary/aromatic N) is 3. The zero-order valence-electron chi connectivity index (χ0n) is 13.3. The summed E-state index contributed by atoms with van der Waals surface area (Å²) in [5, 5.41) is 0.996. The van der Waals surface area contributed by atoms with E-state index in [0.717, 1.165) is 52.3 Å². The first-order chi connectivity index (χ1) is 11.8. The van der Waals surface area contributed by atoms with Crippen LogP contribution in [-0.4, -0.2) is 28.2 Å². The number of rotatable bonds is 3. The molecule has 3 aromatic heterocycles. The zero-order valence-corrected chi connectivity index (χ0v) is 13.3. The van der Waals surface area contributed by atoms with Crippen LogP contribution in [0, 0.1) is 0 Å². The highest BCUT2D eigenvalue weighted by molar-refractivity contribution is 5.80. The maximum atomic E-state index is 5.67. The van der Waals surface area contributed by atoms with E-state index in [1.807, 2.05) is 42.6 Å². The molecular weight excluding hydrogens is 300 g/mol. The molecule has 0 fully saturated rings. The summed E-state index contributed by atoms with van der Waals surface area (Å²) in [6, 6.07) is 11.9. The number of aromatic nitrogens is 3. The SMILES string of the molecule is NCc1cc2nc(-c3cccc(C4=CCCOC4)n3)ccc2cn1. The van der Waals surface area contributed by atoms with Gasteiger partial charge in [-0.25, -0.2) is 9.97 Å². The molecule has 4 heterocycles. The van der Waals surface area contributed by atoms with Gasteiger partial charge >= 0.3 is 0 Å². The predicted octanol–water partition coefficient (Wildman–Crippen LogP) is 2.95. The van der Waals surface area contributed by atoms with Gasteiger partial charge in [-0.2, -0.15) is 0 Å². The molecule has 2 N–H and O–H groups in total. The Morgan fingerprint density at radius 2 is 1.92 bits per heavy atom. The fourth-order valence-electron chi connectivity index (χ4n) is 2.80. The van der Waals surface area contributed by atoms with E-state index in [-0.39, 0.29) is 0 Å². The highest BCUT2D eigenvalue weighted by Crippen LogP contribution is 2.23. The molecule has 1 aliphatic heterocycles. The van der Waals surface area contributed by atoms with Crippen molar-refractivity contribution in [2.75, 3.05) is 13.2 Å².